The summed E-state index contributed by atoms with van der Waals surface area (Å²) in [5.74, 6) is 0.449. The average molecular weight is 344 g/mol. The lowest BCUT2D eigenvalue weighted by atomic mass is 9.94. The van der Waals surface area contributed by atoms with E-state index in [-0.39, 0.29) is 30.2 Å². The van der Waals surface area contributed by atoms with E-state index in [9.17, 15) is 9.59 Å². The Morgan fingerprint density at radius 3 is 2.80 bits per heavy atom. The number of nitrogens with one attached hydrogen (secondary N) is 1. The van der Waals surface area contributed by atoms with Crippen LogP contribution < -0.4 is 5.32 Å². The number of aromatic nitrogens is 1. The second kappa shape index (κ2) is 7.95. The molecule has 2 aliphatic heterocycles. The molecule has 1 N–H and O–H groups in total. The van der Waals surface area contributed by atoms with Crippen LogP contribution >= 0.6 is 0 Å². The molecule has 0 aliphatic carbocycles. The van der Waals surface area contributed by atoms with Crippen molar-refractivity contribution in [3.63, 3.8) is 0 Å². The van der Waals surface area contributed by atoms with Gasteiger partial charge in [-0.05, 0) is 43.5 Å². The first kappa shape index (κ1) is 17.9. The van der Waals surface area contributed by atoms with E-state index in [1.54, 1.807) is 24.3 Å². The van der Waals surface area contributed by atoms with Crippen LogP contribution in [-0.4, -0.2) is 59.8 Å². The van der Waals surface area contributed by atoms with Crippen LogP contribution in [0.5, 0.6) is 0 Å². The van der Waals surface area contributed by atoms with Crippen molar-refractivity contribution in [1.82, 2.24) is 20.1 Å². The summed E-state index contributed by atoms with van der Waals surface area (Å²) in [6, 6.07) is 3.55. The van der Waals surface area contributed by atoms with Gasteiger partial charge in [0.25, 0.3) is 0 Å². The fourth-order valence-electron chi connectivity index (χ4n) is 3.87. The smallest absolute Gasteiger partial charge is 0.226 e. The van der Waals surface area contributed by atoms with Crippen LogP contribution in [0.3, 0.4) is 0 Å². The van der Waals surface area contributed by atoms with Gasteiger partial charge in [-0.1, -0.05) is 13.0 Å². The number of amides is 2. The van der Waals surface area contributed by atoms with Gasteiger partial charge in [0.05, 0.1) is 12.0 Å². The number of nitrogens with zero attached hydrogens (tertiary/aromatic N) is 3. The average Bonchev–Trinajstić information content (AvgIpc) is 2.92. The molecular weight excluding hydrogens is 316 g/mol. The number of carbonyl (C=O) groups excluding carboxylic acids is 2. The lowest BCUT2D eigenvalue weighted by molar-refractivity contribution is -0.128. The zero-order chi connectivity index (χ0) is 17.8. The number of carbonyl (C=O) groups is 2. The Morgan fingerprint density at radius 2 is 2.12 bits per heavy atom. The maximum atomic E-state index is 12.7. The third-order valence-electron chi connectivity index (χ3n) is 5.55. The molecule has 3 rings (SSSR count). The Kier molecular flexibility index (Phi) is 5.68. The van der Waals surface area contributed by atoms with Crippen LogP contribution in [0.2, 0.25) is 0 Å². The predicted octanol–water partition coefficient (Wildman–Crippen LogP) is 1.45. The van der Waals surface area contributed by atoms with Gasteiger partial charge in [0.2, 0.25) is 11.8 Å². The maximum absolute atomic E-state index is 12.7. The fourth-order valence-corrected chi connectivity index (χ4v) is 3.87. The van der Waals surface area contributed by atoms with Gasteiger partial charge in [0, 0.05) is 39.0 Å². The lowest BCUT2D eigenvalue weighted by Gasteiger charge is -2.30. The third-order valence-corrected chi connectivity index (χ3v) is 5.55. The minimum Gasteiger partial charge on any atom is -0.354 e. The molecule has 0 bridgehead atoms. The van der Waals surface area contributed by atoms with E-state index >= 15 is 0 Å². The third kappa shape index (κ3) is 4.18. The van der Waals surface area contributed by atoms with Crippen LogP contribution in [0.25, 0.3) is 0 Å². The van der Waals surface area contributed by atoms with Crippen LogP contribution in [0, 0.1) is 11.8 Å². The van der Waals surface area contributed by atoms with Crippen molar-refractivity contribution in [2.24, 2.45) is 11.8 Å². The maximum Gasteiger partial charge on any atom is 0.226 e. The van der Waals surface area contributed by atoms with Crippen molar-refractivity contribution >= 4 is 11.8 Å². The molecule has 1 aromatic rings. The summed E-state index contributed by atoms with van der Waals surface area (Å²) in [5.41, 5.74) is 0.918. The second-order valence-corrected chi connectivity index (χ2v) is 7.36. The summed E-state index contributed by atoms with van der Waals surface area (Å²) in [6.45, 7) is 6.04. The van der Waals surface area contributed by atoms with E-state index in [4.69, 9.17) is 0 Å². The van der Waals surface area contributed by atoms with Crippen molar-refractivity contribution in [1.29, 1.82) is 0 Å². The molecule has 0 unspecified atom stereocenters. The van der Waals surface area contributed by atoms with Gasteiger partial charge in [0.1, 0.15) is 0 Å². The zero-order valence-electron chi connectivity index (χ0n) is 15.1. The lowest BCUT2D eigenvalue weighted by Crippen LogP contribution is -2.41. The molecular formula is C19H28N4O2. The first-order valence-corrected chi connectivity index (χ1v) is 9.22. The number of hydrogen-bond donors (Lipinski definition) is 1. The molecule has 0 saturated carbocycles. The molecule has 136 valence electrons. The van der Waals surface area contributed by atoms with Gasteiger partial charge in [-0.25, -0.2) is 0 Å². The highest BCUT2D eigenvalue weighted by molar-refractivity contribution is 5.90. The largest absolute Gasteiger partial charge is 0.354 e. The summed E-state index contributed by atoms with van der Waals surface area (Å²) in [5, 5.41) is 3.04. The van der Waals surface area contributed by atoms with Crippen LogP contribution in [-0.2, 0) is 9.59 Å². The molecule has 6 heteroatoms. The first-order valence-electron chi connectivity index (χ1n) is 9.22. The molecule has 2 aliphatic rings. The molecule has 2 fully saturated rings. The van der Waals surface area contributed by atoms with Gasteiger partial charge in [0.15, 0.2) is 0 Å². The molecule has 25 heavy (non-hydrogen) atoms. The van der Waals surface area contributed by atoms with E-state index < -0.39 is 0 Å². The molecule has 0 spiro atoms. The normalized spacial score (nSPS) is 25.4. The van der Waals surface area contributed by atoms with Gasteiger partial charge in [-0.2, -0.15) is 0 Å². The zero-order valence-corrected chi connectivity index (χ0v) is 15.1. The predicted molar refractivity (Wildman–Crippen MR) is 95.7 cm³/mol. The molecule has 1 aromatic heterocycles. The molecule has 6 nitrogen and oxygen atoms in total. The van der Waals surface area contributed by atoms with E-state index in [1.807, 2.05) is 12.1 Å². The highest BCUT2D eigenvalue weighted by Crippen LogP contribution is 2.36. The topological polar surface area (TPSA) is 65.5 Å². The monoisotopic (exact) mass is 344 g/mol. The van der Waals surface area contributed by atoms with Crippen molar-refractivity contribution in [3.8, 4) is 0 Å². The number of rotatable bonds is 5. The molecule has 2 atom stereocenters. The summed E-state index contributed by atoms with van der Waals surface area (Å²) >= 11 is 0. The molecule has 0 aromatic carbocycles. The number of pyridine rings is 1. The van der Waals surface area contributed by atoms with Crippen LogP contribution in [0.1, 0.15) is 37.8 Å². The Bertz CT molecular complexity index is 599. The van der Waals surface area contributed by atoms with Gasteiger partial charge >= 0.3 is 0 Å². The van der Waals surface area contributed by atoms with Gasteiger partial charge in [-0.3, -0.25) is 14.6 Å². The summed E-state index contributed by atoms with van der Waals surface area (Å²) in [4.78, 5) is 33.0. The van der Waals surface area contributed by atoms with E-state index in [0.717, 1.165) is 31.1 Å². The number of likely N-dealkylation sites (tertiary alicyclic amines) is 2. The van der Waals surface area contributed by atoms with Gasteiger partial charge in [-0.15, -0.1) is 0 Å². The first-order chi connectivity index (χ1) is 12.1. The van der Waals surface area contributed by atoms with E-state index in [2.05, 4.69) is 22.1 Å². The molecule has 2 amide bonds. The van der Waals surface area contributed by atoms with Crippen LogP contribution in [0.4, 0.5) is 0 Å². The quantitative estimate of drug-likeness (QED) is 0.878. The molecule has 2 saturated heterocycles. The molecule has 3 heterocycles. The second-order valence-electron chi connectivity index (χ2n) is 7.36. The van der Waals surface area contributed by atoms with Crippen molar-refractivity contribution in [2.75, 3.05) is 33.2 Å². The standard InChI is InChI=1S/C19H28N4O2/c1-14-5-9-23(10-6-14)11-8-21-19(25)16-12-17(24)22(2)18(16)15-4-3-7-20-13-15/h3-4,7,13-14,16,18H,5-6,8-12H2,1-2H3,(H,21,25)/t16-,18+/m1/s1. The van der Waals surface area contributed by atoms with Crippen molar-refractivity contribution in [3.05, 3.63) is 30.1 Å². The Balaban J connectivity index is 1.56. The minimum atomic E-state index is -0.344. The highest BCUT2D eigenvalue weighted by atomic mass is 16.2. The van der Waals surface area contributed by atoms with Crippen LogP contribution in [0.15, 0.2) is 24.5 Å². The highest BCUT2D eigenvalue weighted by Gasteiger charge is 2.42. The Hall–Kier alpha value is -1.95. The number of piperidine rings is 1. The fraction of sp³-hybridized carbons (Fsp3) is 0.632. The van der Waals surface area contributed by atoms with Gasteiger partial charge < -0.3 is 15.1 Å². The van der Waals surface area contributed by atoms with E-state index in [0.29, 0.717) is 6.54 Å². The minimum absolute atomic E-state index is 0.0130. The summed E-state index contributed by atoms with van der Waals surface area (Å²) in [6.07, 6.45) is 6.19. The molecule has 0 radical (unpaired) electrons. The summed E-state index contributed by atoms with van der Waals surface area (Å²) in [7, 11) is 1.77. The summed E-state index contributed by atoms with van der Waals surface area (Å²) < 4.78 is 0. The Morgan fingerprint density at radius 1 is 1.36 bits per heavy atom. The Labute approximate surface area is 149 Å². The van der Waals surface area contributed by atoms with E-state index in [1.165, 1.54) is 12.8 Å². The SMILES string of the molecule is CC1CCN(CCNC(=O)[C@@H]2CC(=O)N(C)[C@H]2c2cccnc2)CC1. The number of hydrogen-bond acceptors (Lipinski definition) is 4. The van der Waals surface area contributed by atoms with Crippen molar-refractivity contribution < 1.29 is 9.59 Å². The van der Waals surface area contributed by atoms with Crippen molar-refractivity contribution in [2.45, 2.75) is 32.2 Å².